The summed E-state index contributed by atoms with van der Waals surface area (Å²) in [6, 6.07) is 1.30. The Morgan fingerprint density at radius 3 is 2.71 bits per heavy atom. The monoisotopic (exact) mass is 244 g/mol. The van der Waals surface area contributed by atoms with E-state index >= 15 is 0 Å². The second-order valence-electron chi connectivity index (χ2n) is 3.20. The highest BCUT2D eigenvalue weighted by Crippen LogP contribution is 2.15. The minimum atomic E-state index is -1.26. The lowest BCUT2D eigenvalue weighted by Gasteiger charge is -1.99. The Morgan fingerprint density at radius 1 is 1.35 bits per heavy atom. The molecule has 0 aliphatic rings. The molecule has 0 atom stereocenters. The van der Waals surface area contributed by atoms with E-state index in [0.29, 0.717) is 6.07 Å². The van der Waals surface area contributed by atoms with E-state index in [1.807, 2.05) is 0 Å². The van der Waals surface area contributed by atoms with Gasteiger partial charge in [-0.2, -0.15) is 0 Å². The lowest BCUT2D eigenvalue weighted by molar-refractivity contribution is -0.142. The van der Waals surface area contributed by atoms with Gasteiger partial charge in [-0.3, -0.25) is 4.79 Å². The van der Waals surface area contributed by atoms with Gasteiger partial charge >= 0.3 is 5.97 Å². The van der Waals surface area contributed by atoms with E-state index in [0.717, 1.165) is 12.1 Å². The number of esters is 1. The average Bonchev–Trinajstić information content (AvgIpc) is 2.25. The summed E-state index contributed by atoms with van der Waals surface area (Å²) in [7, 11) is 0. The Morgan fingerprint density at radius 2 is 2.06 bits per heavy atom. The van der Waals surface area contributed by atoms with Gasteiger partial charge < -0.3 is 4.74 Å². The number of carbonyl (C=O) groups excluding carboxylic acids is 1. The van der Waals surface area contributed by atoms with E-state index in [1.54, 1.807) is 6.92 Å². The first-order valence-electron chi connectivity index (χ1n) is 5.01. The van der Waals surface area contributed by atoms with Crippen LogP contribution in [0.4, 0.5) is 13.2 Å². The van der Waals surface area contributed by atoms with Crippen LogP contribution in [0.2, 0.25) is 0 Å². The molecule has 2 nitrogen and oxygen atoms in total. The number of rotatable bonds is 4. The van der Waals surface area contributed by atoms with Crippen molar-refractivity contribution in [3.05, 3.63) is 41.2 Å². The predicted molar refractivity (Wildman–Crippen MR) is 56.6 cm³/mol. The molecule has 0 saturated heterocycles. The van der Waals surface area contributed by atoms with Crippen LogP contribution in [0.3, 0.4) is 0 Å². The summed E-state index contributed by atoms with van der Waals surface area (Å²) < 4.78 is 43.4. The first-order chi connectivity index (χ1) is 8.04. The lowest BCUT2D eigenvalue weighted by Crippen LogP contribution is -2.01. The maximum atomic E-state index is 13.1. The largest absolute Gasteiger partial charge is 0.466 e. The van der Waals surface area contributed by atoms with Crippen LogP contribution in [0, 0.1) is 17.5 Å². The van der Waals surface area contributed by atoms with Gasteiger partial charge in [0.05, 0.1) is 13.0 Å². The molecule has 17 heavy (non-hydrogen) atoms. The van der Waals surface area contributed by atoms with Crippen LogP contribution in [-0.2, 0) is 9.53 Å². The highest BCUT2D eigenvalue weighted by molar-refractivity contribution is 5.72. The zero-order valence-corrected chi connectivity index (χ0v) is 9.17. The van der Waals surface area contributed by atoms with Crippen molar-refractivity contribution in [1.82, 2.24) is 0 Å². The molecular weight excluding hydrogens is 233 g/mol. The summed E-state index contributed by atoms with van der Waals surface area (Å²) in [5.74, 6) is -3.77. The molecule has 0 bridgehead atoms. The van der Waals surface area contributed by atoms with E-state index in [2.05, 4.69) is 4.74 Å². The summed E-state index contributed by atoms with van der Waals surface area (Å²) in [5.41, 5.74) is -0.244. The molecule has 0 aliphatic heterocycles. The van der Waals surface area contributed by atoms with Crippen LogP contribution in [0.5, 0.6) is 0 Å². The van der Waals surface area contributed by atoms with Crippen molar-refractivity contribution in [3.63, 3.8) is 0 Å². The zero-order chi connectivity index (χ0) is 12.8. The molecule has 0 unspecified atom stereocenters. The number of hydrogen-bond acceptors (Lipinski definition) is 2. The summed E-state index contributed by atoms with van der Waals surface area (Å²) >= 11 is 0. The van der Waals surface area contributed by atoms with Crippen molar-refractivity contribution >= 4 is 12.0 Å². The van der Waals surface area contributed by atoms with E-state index in [1.165, 1.54) is 6.08 Å². The fourth-order valence-corrected chi connectivity index (χ4v) is 1.20. The number of hydrogen-bond donors (Lipinski definition) is 0. The quantitative estimate of drug-likeness (QED) is 0.601. The first-order valence-corrected chi connectivity index (χ1v) is 5.01. The fraction of sp³-hybridized carbons (Fsp3) is 0.250. The summed E-state index contributed by atoms with van der Waals surface area (Å²) in [4.78, 5) is 10.9. The molecule has 0 radical (unpaired) electrons. The van der Waals surface area contributed by atoms with Crippen molar-refractivity contribution < 1.29 is 22.7 Å². The molecular formula is C12H11F3O2. The lowest BCUT2D eigenvalue weighted by atomic mass is 10.1. The SMILES string of the molecule is CCOC(=O)CC=Cc1cc(F)cc(F)c1F. The normalized spacial score (nSPS) is 10.8. The Kier molecular flexibility index (Phi) is 4.75. The van der Waals surface area contributed by atoms with Gasteiger partial charge in [0, 0.05) is 11.6 Å². The maximum Gasteiger partial charge on any atom is 0.309 e. The van der Waals surface area contributed by atoms with Gasteiger partial charge in [0.15, 0.2) is 11.6 Å². The molecule has 0 aromatic heterocycles. The zero-order valence-electron chi connectivity index (χ0n) is 9.17. The molecule has 1 aromatic carbocycles. The third-order valence-electron chi connectivity index (χ3n) is 1.91. The van der Waals surface area contributed by atoms with Gasteiger partial charge in [0.1, 0.15) is 5.82 Å². The molecule has 0 fully saturated rings. The van der Waals surface area contributed by atoms with E-state index < -0.39 is 23.4 Å². The van der Waals surface area contributed by atoms with Gasteiger partial charge in [-0.05, 0) is 13.0 Å². The fourth-order valence-electron chi connectivity index (χ4n) is 1.20. The molecule has 0 heterocycles. The Labute approximate surface area is 96.7 Å². The highest BCUT2D eigenvalue weighted by Gasteiger charge is 2.08. The van der Waals surface area contributed by atoms with Gasteiger partial charge in [0.2, 0.25) is 0 Å². The average molecular weight is 244 g/mol. The van der Waals surface area contributed by atoms with Crippen LogP contribution in [0.25, 0.3) is 6.08 Å². The summed E-state index contributed by atoms with van der Waals surface area (Å²) in [5, 5.41) is 0. The Balaban J connectivity index is 2.74. The standard InChI is InChI=1S/C12H11F3O2/c1-2-17-11(16)5-3-4-8-6-9(13)7-10(14)12(8)15/h3-4,6-7H,2,5H2,1H3. The summed E-state index contributed by atoms with van der Waals surface area (Å²) in [6.07, 6.45) is 2.35. The molecule has 1 aromatic rings. The van der Waals surface area contributed by atoms with Crippen LogP contribution in [0.15, 0.2) is 18.2 Å². The van der Waals surface area contributed by atoms with Gasteiger partial charge in [-0.1, -0.05) is 12.2 Å². The van der Waals surface area contributed by atoms with E-state index in [4.69, 9.17) is 0 Å². The Bertz CT molecular complexity index is 442. The molecule has 0 amide bonds. The van der Waals surface area contributed by atoms with Crippen molar-refractivity contribution in [2.75, 3.05) is 6.61 Å². The Hall–Kier alpha value is -1.78. The van der Waals surface area contributed by atoms with Gasteiger partial charge in [0.25, 0.3) is 0 Å². The minimum Gasteiger partial charge on any atom is -0.466 e. The molecule has 1 rings (SSSR count). The van der Waals surface area contributed by atoms with E-state index in [-0.39, 0.29) is 18.6 Å². The number of ether oxygens (including phenoxy) is 1. The molecule has 92 valence electrons. The van der Waals surface area contributed by atoms with Crippen LogP contribution >= 0.6 is 0 Å². The molecule has 0 aliphatic carbocycles. The third-order valence-corrected chi connectivity index (χ3v) is 1.91. The first kappa shape index (κ1) is 13.3. The van der Waals surface area contributed by atoms with Crippen LogP contribution < -0.4 is 0 Å². The number of benzene rings is 1. The minimum absolute atomic E-state index is 0.0780. The highest BCUT2D eigenvalue weighted by atomic mass is 19.2. The smallest absolute Gasteiger partial charge is 0.309 e. The molecule has 0 saturated carbocycles. The van der Waals surface area contributed by atoms with Crippen molar-refractivity contribution in [1.29, 1.82) is 0 Å². The van der Waals surface area contributed by atoms with Crippen LogP contribution in [0.1, 0.15) is 18.9 Å². The van der Waals surface area contributed by atoms with Crippen molar-refractivity contribution in [2.24, 2.45) is 0 Å². The second-order valence-corrected chi connectivity index (χ2v) is 3.20. The molecule has 0 N–H and O–H groups in total. The summed E-state index contributed by atoms with van der Waals surface area (Å²) in [6.45, 7) is 1.90. The number of halogens is 3. The third kappa shape index (κ3) is 3.94. The van der Waals surface area contributed by atoms with Gasteiger partial charge in [-0.25, -0.2) is 13.2 Å². The topological polar surface area (TPSA) is 26.3 Å². The maximum absolute atomic E-state index is 13.1. The second kappa shape index (κ2) is 6.08. The van der Waals surface area contributed by atoms with Crippen LogP contribution in [-0.4, -0.2) is 12.6 Å². The molecule has 0 spiro atoms. The molecule has 5 heteroatoms. The van der Waals surface area contributed by atoms with Crippen molar-refractivity contribution in [3.8, 4) is 0 Å². The predicted octanol–water partition coefficient (Wildman–Crippen LogP) is 3.07. The van der Waals surface area contributed by atoms with Crippen molar-refractivity contribution in [2.45, 2.75) is 13.3 Å². The van der Waals surface area contributed by atoms with Gasteiger partial charge in [-0.15, -0.1) is 0 Å². The van der Waals surface area contributed by atoms with E-state index in [9.17, 15) is 18.0 Å². The number of carbonyl (C=O) groups is 1.